The van der Waals surface area contributed by atoms with E-state index in [1.807, 2.05) is 6.92 Å². The zero-order valence-corrected chi connectivity index (χ0v) is 11.8. The third-order valence-electron chi connectivity index (χ3n) is 2.45. The number of fused-ring (bicyclic) bond motifs is 1. The Bertz CT molecular complexity index is 598. The molecule has 1 aromatic rings. The fraction of sp³-hybridized carbons (Fsp3) is 0.417. The highest BCUT2D eigenvalue weighted by molar-refractivity contribution is 5.98. The fourth-order valence-corrected chi connectivity index (χ4v) is 1.64. The Morgan fingerprint density at radius 2 is 1.65 bits per heavy atom. The quantitative estimate of drug-likeness (QED) is 0.794. The molecule has 0 spiro atoms. The first kappa shape index (κ1) is 18.9. The van der Waals surface area contributed by atoms with Crippen LogP contribution in [0.15, 0.2) is 6.08 Å². The van der Waals surface area contributed by atoms with Crippen molar-refractivity contribution in [2.75, 3.05) is 12.4 Å². The average molecular weight is 343 g/mol. The Hall–Kier alpha value is -2.17. The lowest BCUT2D eigenvalue weighted by atomic mass is 10.0. The van der Waals surface area contributed by atoms with E-state index in [-0.39, 0.29) is 5.78 Å². The van der Waals surface area contributed by atoms with E-state index in [4.69, 9.17) is 0 Å². The predicted molar refractivity (Wildman–Crippen MR) is 67.3 cm³/mol. The van der Waals surface area contributed by atoms with Crippen molar-refractivity contribution >= 4 is 17.8 Å². The zero-order chi connectivity index (χ0) is 17.8. The number of hydrogen-bond acceptors (Lipinski definition) is 5. The van der Waals surface area contributed by atoms with Gasteiger partial charge in [0, 0.05) is 12.6 Å². The first-order valence-corrected chi connectivity index (χ1v) is 6.01. The number of allylic oxidation sites excluding steroid dienone is 1. The topological polar surface area (TPSA) is 64.1 Å². The van der Waals surface area contributed by atoms with Gasteiger partial charge in [-0.25, -0.2) is 9.97 Å². The molecule has 0 aromatic carbocycles. The van der Waals surface area contributed by atoms with Gasteiger partial charge in [0.25, 0.3) is 0 Å². The normalized spacial score (nSPS) is 14.0. The maximum absolute atomic E-state index is 11.2. The van der Waals surface area contributed by atoms with Crippen molar-refractivity contribution in [2.45, 2.75) is 26.1 Å². The van der Waals surface area contributed by atoms with Gasteiger partial charge in [-0.3, -0.25) is 4.79 Å². The van der Waals surface area contributed by atoms with Crippen molar-refractivity contribution in [2.24, 2.45) is 0 Å². The monoisotopic (exact) mass is 343 g/mol. The predicted octanol–water partition coefficient (Wildman–Crippen LogP) is 3.01. The van der Waals surface area contributed by atoms with Crippen LogP contribution in [0.5, 0.6) is 0 Å². The number of aryl methyl sites for hydroxylation is 1. The van der Waals surface area contributed by atoms with E-state index < -0.39 is 12.7 Å². The number of carbonyl (C=O) groups is 1. The minimum atomic E-state index is -5.64. The second kappa shape index (κ2) is 6.94. The number of ketones is 1. The van der Waals surface area contributed by atoms with E-state index in [0.717, 1.165) is 17.0 Å². The van der Waals surface area contributed by atoms with Crippen molar-refractivity contribution in [1.82, 2.24) is 9.97 Å². The number of nitrogens with zero attached hydrogens (tertiary/aromatic N) is 2. The number of carbonyl (C=O) groups excluding carboxylic acids is 1. The second-order valence-electron chi connectivity index (χ2n) is 4.21. The third-order valence-corrected chi connectivity index (χ3v) is 2.45. The number of anilines is 1. The van der Waals surface area contributed by atoms with E-state index in [1.54, 1.807) is 23.9 Å². The molecule has 1 aliphatic rings. The molecule has 1 aliphatic carbocycles. The summed E-state index contributed by atoms with van der Waals surface area (Å²) in [4.78, 5) is 19.7. The Balaban J connectivity index is 0.000000257. The number of ether oxygens (including phenoxy) is 1. The summed E-state index contributed by atoms with van der Waals surface area (Å²) in [6, 6.07) is 0. The first-order chi connectivity index (χ1) is 10.4. The molecular formula is C12H11F6N3O2. The lowest BCUT2D eigenvalue weighted by Gasteiger charge is -2.12. The van der Waals surface area contributed by atoms with Crippen molar-refractivity contribution in [3.63, 3.8) is 0 Å². The SMILES string of the molecule is CNc1nc(C)c2c(n1)CC(=O)C=C2.FC(F)(F)OC(F)(F)F. The Morgan fingerprint density at radius 1 is 1.09 bits per heavy atom. The van der Waals surface area contributed by atoms with Gasteiger partial charge in [0.15, 0.2) is 5.78 Å². The van der Waals surface area contributed by atoms with E-state index in [0.29, 0.717) is 12.4 Å². The molecule has 1 N–H and O–H groups in total. The summed E-state index contributed by atoms with van der Waals surface area (Å²) in [5, 5.41) is 2.88. The summed E-state index contributed by atoms with van der Waals surface area (Å²) >= 11 is 0. The van der Waals surface area contributed by atoms with Gasteiger partial charge in [0.1, 0.15) is 0 Å². The van der Waals surface area contributed by atoms with Crippen LogP contribution in [-0.2, 0) is 16.0 Å². The molecular weight excluding hydrogens is 332 g/mol. The minimum Gasteiger partial charge on any atom is -0.357 e. The summed E-state index contributed by atoms with van der Waals surface area (Å²) in [7, 11) is 1.77. The summed E-state index contributed by atoms with van der Waals surface area (Å²) in [6.07, 6.45) is -7.53. The van der Waals surface area contributed by atoms with Crippen molar-refractivity contribution < 1.29 is 35.9 Å². The lowest BCUT2D eigenvalue weighted by molar-refractivity contribution is -0.463. The number of aromatic nitrogens is 2. The van der Waals surface area contributed by atoms with Crippen LogP contribution in [-0.4, -0.2) is 35.5 Å². The molecule has 128 valence electrons. The van der Waals surface area contributed by atoms with E-state index >= 15 is 0 Å². The Morgan fingerprint density at radius 3 is 2.09 bits per heavy atom. The molecule has 2 rings (SSSR count). The number of alkyl halides is 6. The summed E-state index contributed by atoms with van der Waals surface area (Å²) in [5.74, 6) is 0.669. The van der Waals surface area contributed by atoms with Crippen LogP contribution in [0.4, 0.5) is 32.3 Å². The minimum absolute atomic E-state index is 0.0950. The first-order valence-electron chi connectivity index (χ1n) is 6.01. The number of halogens is 6. The van der Waals surface area contributed by atoms with Crippen LogP contribution >= 0.6 is 0 Å². The van der Waals surface area contributed by atoms with Gasteiger partial charge in [-0.2, -0.15) is 4.74 Å². The van der Waals surface area contributed by atoms with Crippen molar-refractivity contribution in [3.05, 3.63) is 23.0 Å². The largest absolute Gasteiger partial charge is 0.529 e. The molecule has 11 heteroatoms. The summed E-state index contributed by atoms with van der Waals surface area (Å²) in [6.45, 7) is 1.92. The molecule has 23 heavy (non-hydrogen) atoms. The zero-order valence-electron chi connectivity index (χ0n) is 11.8. The van der Waals surface area contributed by atoms with Gasteiger partial charge in [-0.1, -0.05) is 0 Å². The van der Waals surface area contributed by atoms with Gasteiger partial charge < -0.3 is 5.32 Å². The van der Waals surface area contributed by atoms with E-state index in [2.05, 4.69) is 15.3 Å². The average Bonchev–Trinajstić information content (AvgIpc) is 2.34. The highest BCUT2D eigenvalue weighted by Crippen LogP contribution is 2.28. The Labute approximate surface area is 126 Å². The molecule has 0 atom stereocenters. The third kappa shape index (κ3) is 6.63. The highest BCUT2D eigenvalue weighted by atomic mass is 19.4. The number of rotatable bonds is 1. The second-order valence-corrected chi connectivity index (χ2v) is 4.21. The number of hydrogen-bond donors (Lipinski definition) is 1. The van der Waals surface area contributed by atoms with Crippen LogP contribution < -0.4 is 5.32 Å². The van der Waals surface area contributed by atoms with Crippen molar-refractivity contribution in [1.29, 1.82) is 0 Å². The van der Waals surface area contributed by atoms with Gasteiger partial charge in [-0.15, -0.1) is 26.3 Å². The summed E-state index contributed by atoms with van der Waals surface area (Å²) < 4.78 is 65.3. The molecule has 0 unspecified atom stereocenters. The molecule has 5 nitrogen and oxygen atoms in total. The molecule has 0 fully saturated rings. The maximum Gasteiger partial charge on any atom is 0.529 e. The molecule has 0 saturated carbocycles. The lowest BCUT2D eigenvalue weighted by Crippen LogP contribution is -2.25. The van der Waals surface area contributed by atoms with Crippen LogP contribution in [0.1, 0.15) is 17.0 Å². The highest BCUT2D eigenvalue weighted by Gasteiger charge is 2.45. The Kier molecular flexibility index (Phi) is 5.70. The van der Waals surface area contributed by atoms with E-state index in [9.17, 15) is 31.1 Å². The maximum atomic E-state index is 11.2. The smallest absolute Gasteiger partial charge is 0.357 e. The molecule has 0 amide bonds. The van der Waals surface area contributed by atoms with Gasteiger partial charge in [0.05, 0.1) is 17.8 Å². The molecule has 1 aromatic heterocycles. The molecule has 0 radical (unpaired) electrons. The van der Waals surface area contributed by atoms with Gasteiger partial charge in [0.2, 0.25) is 5.95 Å². The molecule has 0 aliphatic heterocycles. The number of nitrogens with one attached hydrogen (secondary N) is 1. The molecule has 1 heterocycles. The van der Waals surface area contributed by atoms with Crippen LogP contribution in [0.25, 0.3) is 6.08 Å². The van der Waals surface area contributed by atoms with Crippen molar-refractivity contribution in [3.8, 4) is 0 Å². The standard InChI is InChI=1S/C10H11N3O.C2F6O/c1-6-8-4-3-7(14)5-9(8)13-10(11-2)12-6;3-1(4,5)9-2(6,7)8/h3-4H,5H2,1-2H3,(H,11,12,13);. The van der Waals surface area contributed by atoms with Gasteiger partial charge in [-0.05, 0) is 19.1 Å². The van der Waals surface area contributed by atoms with Crippen LogP contribution in [0, 0.1) is 6.92 Å². The van der Waals surface area contributed by atoms with Crippen LogP contribution in [0.2, 0.25) is 0 Å². The summed E-state index contributed by atoms with van der Waals surface area (Å²) in [5.41, 5.74) is 2.70. The fourth-order valence-electron chi connectivity index (χ4n) is 1.64. The van der Waals surface area contributed by atoms with Gasteiger partial charge >= 0.3 is 12.7 Å². The molecule has 0 bridgehead atoms. The van der Waals surface area contributed by atoms with E-state index in [1.165, 1.54) is 0 Å². The molecule has 0 saturated heterocycles. The van der Waals surface area contributed by atoms with Crippen LogP contribution in [0.3, 0.4) is 0 Å².